The minimum Gasteiger partial charge on any atom is -0.481 e. The molecule has 0 saturated carbocycles. The number of aromatic nitrogens is 4. The van der Waals surface area contributed by atoms with Crippen LogP contribution in [0.2, 0.25) is 0 Å². The standard InChI is InChI=1S/C10H12N4O2/c1-6-5-9-13-12-8(3-4-10(15)16)14(9)7(2)11-6/h5H,3-4H2,1-2H3,(H,15,16). The Balaban J connectivity index is 2.43. The maximum absolute atomic E-state index is 10.5. The van der Waals surface area contributed by atoms with Gasteiger partial charge in [0.2, 0.25) is 0 Å². The molecule has 6 heteroatoms. The topological polar surface area (TPSA) is 80.4 Å². The number of nitrogens with zero attached hydrogens (tertiary/aromatic N) is 4. The normalized spacial score (nSPS) is 10.9. The molecule has 0 aliphatic heterocycles. The number of fused-ring (bicyclic) bond motifs is 1. The first-order valence-corrected chi connectivity index (χ1v) is 4.98. The van der Waals surface area contributed by atoms with Crippen LogP contribution in [0.25, 0.3) is 5.65 Å². The molecule has 2 aromatic heterocycles. The van der Waals surface area contributed by atoms with Crippen molar-refractivity contribution in [1.29, 1.82) is 0 Å². The van der Waals surface area contributed by atoms with E-state index in [0.29, 0.717) is 17.9 Å². The minimum absolute atomic E-state index is 0.0497. The molecule has 0 amide bonds. The Morgan fingerprint density at radius 3 is 2.88 bits per heavy atom. The molecule has 0 spiro atoms. The average molecular weight is 220 g/mol. The van der Waals surface area contributed by atoms with Crippen LogP contribution in [0.1, 0.15) is 23.8 Å². The zero-order chi connectivity index (χ0) is 11.7. The fraction of sp³-hybridized carbons (Fsp3) is 0.400. The maximum atomic E-state index is 10.5. The number of carboxylic acids is 1. The molecule has 0 radical (unpaired) electrons. The van der Waals surface area contributed by atoms with Gasteiger partial charge in [0, 0.05) is 18.2 Å². The maximum Gasteiger partial charge on any atom is 0.303 e. The molecule has 6 nitrogen and oxygen atoms in total. The van der Waals surface area contributed by atoms with E-state index in [0.717, 1.165) is 11.5 Å². The quantitative estimate of drug-likeness (QED) is 0.825. The smallest absolute Gasteiger partial charge is 0.303 e. The largest absolute Gasteiger partial charge is 0.481 e. The van der Waals surface area contributed by atoms with Crippen LogP contribution < -0.4 is 0 Å². The second-order valence-electron chi connectivity index (χ2n) is 3.65. The third-order valence-corrected chi connectivity index (χ3v) is 2.32. The molecule has 2 rings (SSSR count). The van der Waals surface area contributed by atoms with E-state index in [2.05, 4.69) is 15.2 Å². The van der Waals surface area contributed by atoms with Crippen molar-refractivity contribution in [2.24, 2.45) is 0 Å². The lowest BCUT2D eigenvalue weighted by molar-refractivity contribution is -0.137. The molecular weight excluding hydrogens is 208 g/mol. The zero-order valence-corrected chi connectivity index (χ0v) is 9.14. The Bertz CT molecular complexity index is 547. The van der Waals surface area contributed by atoms with E-state index in [9.17, 15) is 4.79 Å². The summed E-state index contributed by atoms with van der Waals surface area (Å²) in [4.78, 5) is 14.8. The number of hydrogen-bond donors (Lipinski definition) is 1. The van der Waals surface area contributed by atoms with Crippen molar-refractivity contribution < 1.29 is 9.90 Å². The second kappa shape index (κ2) is 3.88. The molecule has 0 atom stereocenters. The summed E-state index contributed by atoms with van der Waals surface area (Å²) in [5.41, 5.74) is 1.59. The van der Waals surface area contributed by atoms with E-state index in [1.165, 1.54) is 0 Å². The van der Waals surface area contributed by atoms with Crippen LogP contribution in [0.5, 0.6) is 0 Å². The highest BCUT2D eigenvalue weighted by Gasteiger charge is 2.10. The predicted octanol–water partition coefficient (Wildman–Crippen LogP) is 0.758. The van der Waals surface area contributed by atoms with Crippen LogP contribution in [-0.4, -0.2) is 30.7 Å². The SMILES string of the molecule is Cc1cc2nnc(CCC(=O)O)n2c(C)n1. The van der Waals surface area contributed by atoms with Gasteiger partial charge in [0.25, 0.3) is 0 Å². The van der Waals surface area contributed by atoms with E-state index in [1.807, 2.05) is 19.9 Å². The van der Waals surface area contributed by atoms with Gasteiger partial charge < -0.3 is 5.11 Å². The van der Waals surface area contributed by atoms with Crippen molar-refractivity contribution in [2.75, 3.05) is 0 Å². The van der Waals surface area contributed by atoms with Crippen LogP contribution in [0.3, 0.4) is 0 Å². The van der Waals surface area contributed by atoms with Crippen molar-refractivity contribution in [3.8, 4) is 0 Å². The van der Waals surface area contributed by atoms with Gasteiger partial charge >= 0.3 is 5.97 Å². The molecule has 0 aliphatic carbocycles. The van der Waals surface area contributed by atoms with Gasteiger partial charge in [-0.25, -0.2) is 4.98 Å². The highest BCUT2D eigenvalue weighted by molar-refractivity contribution is 5.66. The van der Waals surface area contributed by atoms with Crippen molar-refractivity contribution in [1.82, 2.24) is 19.6 Å². The van der Waals surface area contributed by atoms with E-state index in [4.69, 9.17) is 5.11 Å². The number of carbonyl (C=O) groups is 1. The summed E-state index contributed by atoms with van der Waals surface area (Å²) in [5.74, 6) is 0.581. The van der Waals surface area contributed by atoms with Gasteiger partial charge in [-0.1, -0.05) is 0 Å². The monoisotopic (exact) mass is 220 g/mol. The van der Waals surface area contributed by atoms with Crippen molar-refractivity contribution >= 4 is 11.6 Å². The van der Waals surface area contributed by atoms with E-state index in [-0.39, 0.29) is 6.42 Å². The van der Waals surface area contributed by atoms with Gasteiger partial charge in [0.1, 0.15) is 11.6 Å². The summed E-state index contributed by atoms with van der Waals surface area (Å²) in [6.45, 7) is 3.74. The molecule has 2 heterocycles. The summed E-state index contributed by atoms with van der Waals surface area (Å²) in [7, 11) is 0. The molecule has 0 bridgehead atoms. The number of carboxylic acid groups (broad SMARTS) is 1. The van der Waals surface area contributed by atoms with Crippen LogP contribution >= 0.6 is 0 Å². The summed E-state index contributed by atoms with van der Waals surface area (Å²) in [5, 5.41) is 16.6. The number of rotatable bonds is 3. The molecule has 1 N–H and O–H groups in total. The second-order valence-corrected chi connectivity index (χ2v) is 3.65. The molecule has 0 aliphatic rings. The Morgan fingerprint density at radius 2 is 2.19 bits per heavy atom. The van der Waals surface area contributed by atoms with Crippen LogP contribution in [0.4, 0.5) is 0 Å². The fourth-order valence-corrected chi connectivity index (χ4v) is 1.68. The Morgan fingerprint density at radius 1 is 1.44 bits per heavy atom. The van der Waals surface area contributed by atoms with Gasteiger partial charge in [-0.15, -0.1) is 10.2 Å². The summed E-state index contributed by atoms with van der Waals surface area (Å²) >= 11 is 0. The lowest BCUT2D eigenvalue weighted by atomic mass is 10.3. The summed E-state index contributed by atoms with van der Waals surface area (Å²) < 4.78 is 1.79. The molecule has 84 valence electrons. The Hall–Kier alpha value is -1.98. The molecule has 0 unspecified atom stereocenters. The highest BCUT2D eigenvalue weighted by Crippen LogP contribution is 2.09. The van der Waals surface area contributed by atoms with E-state index >= 15 is 0 Å². The predicted molar refractivity (Wildman–Crippen MR) is 56.2 cm³/mol. The fourth-order valence-electron chi connectivity index (χ4n) is 1.68. The first-order chi connectivity index (χ1) is 7.58. The number of aryl methyl sites for hydroxylation is 3. The van der Waals surface area contributed by atoms with Gasteiger partial charge in [-0.3, -0.25) is 9.20 Å². The lowest BCUT2D eigenvalue weighted by Gasteiger charge is -2.02. The van der Waals surface area contributed by atoms with Crippen LogP contribution in [0, 0.1) is 13.8 Å². The van der Waals surface area contributed by atoms with Gasteiger partial charge in [0.05, 0.1) is 6.42 Å². The molecule has 2 aromatic rings. The summed E-state index contributed by atoms with van der Waals surface area (Å²) in [6, 6.07) is 1.82. The van der Waals surface area contributed by atoms with Crippen molar-refractivity contribution in [3.63, 3.8) is 0 Å². The first-order valence-electron chi connectivity index (χ1n) is 4.98. The average Bonchev–Trinajstić information content (AvgIpc) is 2.57. The Labute approximate surface area is 92.0 Å². The zero-order valence-electron chi connectivity index (χ0n) is 9.14. The van der Waals surface area contributed by atoms with Gasteiger partial charge in [0.15, 0.2) is 5.65 Å². The lowest BCUT2D eigenvalue weighted by Crippen LogP contribution is -2.05. The minimum atomic E-state index is -0.838. The molecule has 0 aromatic carbocycles. The first kappa shape index (κ1) is 10.5. The molecule has 0 fully saturated rings. The Kier molecular flexibility index (Phi) is 2.55. The molecule has 16 heavy (non-hydrogen) atoms. The molecular formula is C10H12N4O2. The molecule has 0 saturated heterocycles. The van der Waals surface area contributed by atoms with Crippen LogP contribution in [-0.2, 0) is 11.2 Å². The number of aliphatic carboxylic acids is 1. The van der Waals surface area contributed by atoms with E-state index < -0.39 is 5.97 Å². The summed E-state index contributed by atoms with van der Waals surface area (Å²) in [6.07, 6.45) is 0.413. The highest BCUT2D eigenvalue weighted by atomic mass is 16.4. The van der Waals surface area contributed by atoms with Gasteiger partial charge in [-0.05, 0) is 13.8 Å². The van der Waals surface area contributed by atoms with Gasteiger partial charge in [-0.2, -0.15) is 0 Å². The third-order valence-electron chi connectivity index (χ3n) is 2.32. The van der Waals surface area contributed by atoms with E-state index in [1.54, 1.807) is 4.40 Å². The number of hydrogen-bond acceptors (Lipinski definition) is 4. The van der Waals surface area contributed by atoms with Crippen LogP contribution in [0.15, 0.2) is 6.07 Å². The third kappa shape index (κ3) is 1.86. The van der Waals surface area contributed by atoms with Crippen molar-refractivity contribution in [2.45, 2.75) is 26.7 Å². The van der Waals surface area contributed by atoms with Crippen molar-refractivity contribution in [3.05, 3.63) is 23.4 Å².